The summed E-state index contributed by atoms with van der Waals surface area (Å²) in [5, 5.41) is 12.1. The van der Waals surface area contributed by atoms with Crippen LogP contribution in [0.15, 0.2) is 30.3 Å². The Hall–Kier alpha value is -1.84. The molecule has 4 heteroatoms. The van der Waals surface area contributed by atoms with Gasteiger partial charge < -0.3 is 10.4 Å². The van der Waals surface area contributed by atoms with Gasteiger partial charge >= 0.3 is 5.97 Å². The molecule has 0 aliphatic heterocycles. The molecule has 4 nitrogen and oxygen atoms in total. The maximum atomic E-state index is 12.0. The smallest absolute Gasteiger partial charge is 0.308 e. The number of benzene rings is 1. The summed E-state index contributed by atoms with van der Waals surface area (Å²) in [5.41, 5.74) is 0.838. The lowest BCUT2D eigenvalue weighted by molar-refractivity contribution is -0.142. The largest absolute Gasteiger partial charge is 0.481 e. The number of nitrogens with one attached hydrogen (secondary N) is 1. The number of carbonyl (C=O) groups excluding carboxylic acids is 1. The highest BCUT2D eigenvalue weighted by Gasteiger charge is 2.31. The van der Waals surface area contributed by atoms with E-state index in [1.54, 1.807) is 6.92 Å². The number of aliphatic carboxylic acids is 1. The van der Waals surface area contributed by atoms with Crippen molar-refractivity contribution in [3.63, 3.8) is 0 Å². The van der Waals surface area contributed by atoms with Crippen molar-refractivity contribution in [3.8, 4) is 0 Å². The minimum Gasteiger partial charge on any atom is -0.481 e. The third kappa shape index (κ3) is 3.13. The monoisotopic (exact) mass is 261 g/mol. The first-order chi connectivity index (χ1) is 9.09. The quantitative estimate of drug-likeness (QED) is 0.855. The van der Waals surface area contributed by atoms with Crippen molar-refractivity contribution in [3.05, 3.63) is 35.9 Å². The Kier molecular flexibility index (Phi) is 4.20. The van der Waals surface area contributed by atoms with Crippen LogP contribution in [0.3, 0.4) is 0 Å². The Balaban J connectivity index is 2.14. The highest BCUT2D eigenvalue weighted by Crippen LogP contribution is 2.29. The van der Waals surface area contributed by atoms with Gasteiger partial charge in [-0.25, -0.2) is 0 Å². The standard InChI is InChI=1S/C15H19NO3/c1-10(15(18)19)13(11-6-3-2-4-7-11)16-14(17)12-8-5-9-12/h2-4,6-7,10,12-13H,5,8-9H2,1H3,(H,16,17)(H,18,19). The molecule has 102 valence electrons. The first kappa shape index (κ1) is 13.6. The molecule has 0 radical (unpaired) electrons. The van der Waals surface area contributed by atoms with Crippen molar-refractivity contribution >= 4 is 11.9 Å². The molecule has 0 aromatic heterocycles. The zero-order chi connectivity index (χ0) is 13.8. The first-order valence-corrected chi connectivity index (χ1v) is 6.67. The highest BCUT2D eigenvalue weighted by atomic mass is 16.4. The second-order valence-corrected chi connectivity index (χ2v) is 5.15. The maximum absolute atomic E-state index is 12.0. The van der Waals surface area contributed by atoms with Crippen molar-refractivity contribution in [1.29, 1.82) is 0 Å². The lowest BCUT2D eigenvalue weighted by Crippen LogP contribution is -2.40. The number of amides is 1. The lowest BCUT2D eigenvalue weighted by atomic mass is 9.84. The van der Waals surface area contributed by atoms with E-state index in [4.69, 9.17) is 0 Å². The molecule has 0 saturated heterocycles. The van der Waals surface area contributed by atoms with Crippen LogP contribution in [-0.2, 0) is 9.59 Å². The second-order valence-electron chi connectivity index (χ2n) is 5.15. The molecule has 2 unspecified atom stereocenters. The fourth-order valence-electron chi connectivity index (χ4n) is 2.24. The number of hydrogen-bond donors (Lipinski definition) is 2. The predicted molar refractivity (Wildman–Crippen MR) is 71.5 cm³/mol. The maximum Gasteiger partial charge on any atom is 0.308 e. The van der Waals surface area contributed by atoms with Crippen LogP contribution in [0, 0.1) is 11.8 Å². The van der Waals surface area contributed by atoms with E-state index in [9.17, 15) is 14.7 Å². The van der Waals surface area contributed by atoms with Gasteiger partial charge in [-0.15, -0.1) is 0 Å². The normalized spacial score (nSPS) is 18.2. The van der Waals surface area contributed by atoms with Gasteiger partial charge in [0.05, 0.1) is 12.0 Å². The summed E-state index contributed by atoms with van der Waals surface area (Å²) in [7, 11) is 0. The van der Waals surface area contributed by atoms with Gasteiger partial charge in [-0.05, 0) is 25.3 Å². The van der Waals surface area contributed by atoms with Crippen LogP contribution < -0.4 is 5.32 Å². The number of carboxylic acid groups (broad SMARTS) is 1. The van der Waals surface area contributed by atoms with Crippen LogP contribution in [0.1, 0.15) is 37.8 Å². The van der Waals surface area contributed by atoms with Crippen molar-refractivity contribution in [2.24, 2.45) is 11.8 Å². The fourth-order valence-corrected chi connectivity index (χ4v) is 2.24. The molecule has 2 N–H and O–H groups in total. The van der Waals surface area contributed by atoms with Gasteiger partial charge in [0.1, 0.15) is 0 Å². The van der Waals surface area contributed by atoms with Gasteiger partial charge in [0.15, 0.2) is 0 Å². The second kappa shape index (κ2) is 5.87. The topological polar surface area (TPSA) is 66.4 Å². The summed E-state index contributed by atoms with van der Waals surface area (Å²) in [5.74, 6) is -1.51. The molecule has 1 aromatic carbocycles. The molecule has 2 atom stereocenters. The van der Waals surface area contributed by atoms with Crippen molar-refractivity contribution in [1.82, 2.24) is 5.32 Å². The molecule has 1 aromatic rings. The molecule has 2 rings (SSSR count). The van der Waals surface area contributed by atoms with Crippen molar-refractivity contribution in [2.75, 3.05) is 0 Å². The van der Waals surface area contributed by atoms with Crippen LogP contribution >= 0.6 is 0 Å². The van der Waals surface area contributed by atoms with E-state index >= 15 is 0 Å². The van der Waals surface area contributed by atoms with Crippen LogP contribution in [0.25, 0.3) is 0 Å². The molecule has 1 fully saturated rings. The Morgan fingerprint density at radius 3 is 2.37 bits per heavy atom. The molecule has 0 spiro atoms. The Bertz CT molecular complexity index is 454. The average Bonchev–Trinajstić information content (AvgIpc) is 2.34. The zero-order valence-electron chi connectivity index (χ0n) is 11.0. The summed E-state index contributed by atoms with van der Waals surface area (Å²) < 4.78 is 0. The third-order valence-electron chi connectivity index (χ3n) is 3.82. The van der Waals surface area contributed by atoms with Crippen molar-refractivity contribution < 1.29 is 14.7 Å². The summed E-state index contributed by atoms with van der Waals surface area (Å²) in [4.78, 5) is 23.2. The van der Waals surface area contributed by atoms with Crippen molar-refractivity contribution in [2.45, 2.75) is 32.2 Å². The van der Waals surface area contributed by atoms with E-state index in [-0.39, 0.29) is 11.8 Å². The van der Waals surface area contributed by atoms with Crippen LogP contribution in [0.2, 0.25) is 0 Å². The number of carbonyl (C=O) groups is 2. The first-order valence-electron chi connectivity index (χ1n) is 6.67. The van der Waals surface area contributed by atoms with E-state index in [2.05, 4.69) is 5.32 Å². The third-order valence-corrected chi connectivity index (χ3v) is 3.82. The van der Waals surface area contributed by atoms with E-state index < -0.39 is 17.9 Å². The fraction of sp³-hybridized carbons (Fsp3) is 0.467. The SMILES string of the molecule is CC(C(=O)O)C(NC(=O)C1CCC1)c1ccccc1. The molecule has 0 bridgehead atoms. The summed E-state index contributed by atoms with van der Waals surface area (Å²) in [6.07, 6.45) is 2.91. The number of hydrogen-bond acceptors (Lipinski definition) is 2. The molecular weight excluding hydrogens is 242 g/mol. The minimum atomic E-state index is -0.900. The van der Waals surface area contributed by atoms with E-state index in [1.165, 1.54) is 0 Å². The molecule has 1 aliphatic rings. The van der Waals surface area contributed by atoms with E-state index in [0.29, 0.717) is 0 Å². The van der Waals surface area contributed by atoms with Gasteiger partial charge in [-0.3, -0.25) is 9.59 Å². The predicted octanol–water partition coefficient (Wildman–Crippen LogP) is 2.36. The Morgan fingerprint density at radius 1 is 1.26 bits per heavy atom. The highest BCUT2D eigenvalue weighted by molar-refractivity contribution is 5.81. The Morgan fingerprint density at radius 2 is 1.89 bits per heavy atom. The molecular formula is C15H19NO3. The van der Waals surface area contributed by atoms with Gasteiger partial charge in [-0.2, -0.15) is 0 Å². The van der Waals surface area contributed by atoms with Gasteiger partial charge in [0, 0.05) is 5.92 Å². The summed E-state index contributed by atoms with van der Waals surface area (Å²) >= 11 is 0. The van der Waals surface area contributed by atoms with E-state index in [1.807, 2.05) is 30.3 Å². The molecule has 19 heavy (non-hydrogen) atoms. The van der Waals surface area contributed by atoms with Gasteiger partial charge in [0.2, 0.25) is 5.91 Å². The summed E-state index contributed by atoms with van der Waals surface area (Å²) in [6, 6.07) is 8.82. The minimum absolute atomic E-state index is 0.0202. The van der Waals surface area contributed by atoms with Gasteiger partial charge in [-0.1, -0.05) is 36.8 Å². The zero-order valence-corrected chi connectivity index (χ0v) is 11.0. The van der Waals surface area contributed by atoms with Crippen LogP contribution in [-0.4, -0.2) is 17.0 Å². The molecule has 1 amide bonds. The summed E-state index contributed by atoms with van der Waals surface area (Å²) in [6.45, 7) is 1.63. The average molecular weight is 261 g/mol. The number of carboxylic acids is 1. The lowest BCUT2D eigenvalue weighted by Gasteiger charge is -2.29. The Labute approximate surface area is 112 Å². The van der Waals surface area contributed by atoms with Crippen LogP contribution in [0.4, 0.5) is 0 Å². The van der Waals surface area contributed by atoms with Gasteiger partial charge in [0.25, 0.3) is 0 Å². The van der Waals surface area contributed by atoms with E-state index in [0.717, 1.165) is 24.8 Å². The molecule has 1 saturated carbocycles. The van der Waals surface area contributed by atoms with Crippen LogP contribution in [0.5, 0.6) is 0 Å². The number of rotatable bonds is 5. The molecule has 1 aliphatic carbocycles. The molecule has 0 heterocycles.